The van der Waals surface area contributed by atoms with Gasteiger partial charge in [0, 0.05) is 43.6 Å². The van der Waals surface area contributed by atoms with Crippen molar-refractivity contribution in [1.82, 2.24) is 14.9 Å². The third kappa shape index (κ3) is 4.84. The Balaban J connectivity index is 1.64. The first-order valence-corrected chi connectivity index (χ1v) is 13.0. The van der Waals surface area contributed by atoms with Gasteiger partial charge in [0.15, 0.2) is 5.75 Å². The molecule has 2 aliphatic heterocycles. The van der Waals surface area contributed by atoms with E-state index in [0.717, 1.165) is 6.07 Å². The van der Waals surface area contributed by atoms with Gasteiger partial charge in [-0.1, -0.05) is 18.2 Å². The summed E-state index contributed by atoms with van der Waals surface area (Å²) in [5.41, 5.74) is 0.0698. The second kappa shape index (κ2) is 10.2. The molecule has 208 valence electrons. The molecule has 1 atom stereocenters. The molecule has 3 heterocycles. The van der Waals surface area contributed by atoms with Crippen LogP contribution < -0.4 is 15.0 Å². The molecule has 1 aromatic heterocycles. The molecule has 1 fully saturated rings. The van der Waals surface area contributed by atoms with Crippen LogP contribution in [-0.2, 0) is 10.4 Å². The molecule has 5 rings (SSSR count). The zero-order valence-electron chi connectivity index (χ0n) is 22.4. The fourth-order valence-corrected chi connectivity index (χ4v) is 5.51. The maximum Gasteiger partial charge on any atom is 0.266 e. The molecule has 1 saturated heterocycles. The minimum absolute atomic E-state index is 0.0407. The van der Waals surface area contributed by atoms with Gasteiger partial charge in [-0.3, -0.25) is 4.79 Å². The first kappa shape index (κ1) is 27.0. The lowest BCUT2D eigenvalue weighted by Crippen LogP contribution is -2.45. The van der Waals surface area contributed by atoms with Gasteiger partial charge in [-0.2, -0.15) is 0 Å². The Bertz CT molecular complexity index is 1430. The van der Waals surface area contributed by atoms with E-state index in [2.05, 4.69) is 10.3 Å². The predicted octanol–water partition coefficient (Wildman–Crippen LogP) is 4.85. The van der Waals surface area contributed by atoms with Crippen molar-refractivity contribution in [2.24, 2.45) is 0 Å². The van der Waals surface area contributed by atoms with Gasteiger partial charge in [0.05, 0.1) is 23.8 Å². The SMILES string of the molecule is CC(=O)N1CCC(O)(c2cc3c(N[C@H](C)c4cccc(C(F)F)c4F)nc(C)nc3c3c2OCCN3C)CC1. The average molecular weight is 544 g/mol. The highest BCUT2D eigenvalue weighted by molar-refractivity contribution is 6.01. The summed E-state index contributed by atoms with van der Waals surface area (Å²) in [6.45, 7) is 6.78. The number of carbonyl (C=O) groups is 1. The van der Waals surface area contributed by atoms with Crippen molar-refractivity contribution in [2.75, 3.05) is 43.5 Å². The number of halogens is 3. The quantitative estimate of drug-likeness (QED) is 0.476. The van der Waals surface area contributed by atoms with Crippen LogP contribution in [0, 0.1) is 12.7 Å². The van der Waals surface area contributed by atoms with Crippen molar-refractivity contribution in [3.05, 3.63) is 52.6 Å². The lowest BCUT2D eigenvalue weighted by Gasteiger charge is -2.40. The Hall–Kier alpha value is -3.60. The van der Waals surface area contributed by atoms with Crippen molar-refractivity contribution in [2.45, 2.75) is 51.7 Å². The van der Waals surface area contributed by atoms with E-state index in [0.29, 0.717) is 78.6 Å². The monoisotopic (exact) mass is 543 g/mol. The number of aryl methyl sites for hydroxylation is 1. The number of hydrogen-bond acceptors (Lipinski definition) is 7. The standard InChI is InChI=1S/C28H32F3N5O3/c1-15(18-6-5-7-19(22(18)29)26(30)31)32-27-20-14-21(28(38)8-10-36(11-9-28)17(3)37)25-24(35(4)12-13-39-25)23(20)33-16(2)34-27/h5-7,14-15,26,38H,8-13H2,1-4H3,(H,32,33,34)/t15-/m1/s1. The number of piperidine rings is 1. The van der Waals surface area contributed by atoms with Crippen LogP contribution in [0.25, 0.3) is 10.9 Å². The number of carbonyl (C=O) groups excluding carboxylic acids is 1. The van der Waals surface area contributed by atoms with E-state index in [1.54, 1.807) is 24.8 Å². The lowest BCUT2D eigenvalue weighted by molar-refractivity contribution is -0.133. The number of ether oxygens (including phenoxy) is 1. The second-order valence-electron chi connectivity index (χ2n) is 10.3. The van der Waals surface area contributed by atoms with Gasteiger partial charge in [0.1, 0.15) is 35.3 Å². The molecule has 1 amide bonds. The number of fused-ring (bicyclic) bond motifs is 3. The summed E-state index contributed by atoms with van der Waals surface area (Å²) >= 11 is 0. The Morgan fingerprint density at radius 3 is 2.54 bits per heavy atom. The van der Waals surface area contributed by atoms with E-state index in [1.807, 2.05) is 11.9 Å². The largest absolute Gasteiger partial charge is 0.489 e. The van der Waals surface area contributed by atoms with Crippen LogP contribution in [0.3, 0.4) is 0 Å². The summed E-state index contributed by atoms with van der Waals surface area (Å²) < 4.78 is 47.8. The minimum atomic E-state index is -2.93. The van der Waals surface area contributed by atoms with Crippen LogP contribution in [0.1, 0.15) is 61.7 Å². The zero-order valence-corrected chi connectivity index (χ0v) is 22.4. The number of aromatic nitrogens is 2. The molecule has 11 heteroatoms. The van der Waals surface area contributed by atoms with Crippen LogP contribution in [-0.4, -0.2) is 59.2 Å². The molecule has 0 saturated carbocycles. The molecule has 0 radical (unpaired) electrons. The highest BCUT2D eigenvalue weighted by Crippen LogP contribution is 2.48. The van der Waals surface area contributed by atoms with E-state index < -0.39 is 29.4 Å². The van der Waals surface area contributed by atoms with Gasteiger partial charge in [-0.15, -0.1) is 0 Å². The third-order valence-corrected chi connectivity index (χ3v) is 7.74. The molecular weight excluding hydrogens is 511 g/mol. The number of nitrogens with one attached hydrogen (secondary N) is 1. The van der Waals surface area contributed by atoms with Gasteiger partial charge in [0.25, 0.3) is 6.43 Å². The molecule has 0 unspecified atom stereocenters. The smallest absolute Gasteiger partial charge is 0.266 e. The molecule has 2 aromatic carbocycles. The number of anilines is 2. The van der Waals surface area contributed by atoms with Gasteiger partial charge >= 0.3 is 0 Å². The number of amides is 1. The van der Waals surface area contributed by atoms with E-state index >= 15 is 0 Å². The molecular formula is C28H32F3N5O3. The maximum absolute atomic E-state index is 15.0. The molecule has 2 N–H and O–H groups in total. The fraction of sp³-hybridized carbons (Fsp3) is 0.464. The van der Waals surface area contributed by atoms with Gasteiger partial charge < -0.3 is 25.0 Å². The minimum Gasteiger partial charge on any atom is -0.489 e. The Kier molecular flexibility index (Phi) is 7.04. The first-order valence-electron chi connectivity index (χ1n) is 13.0. The maximum atomic E-state index is 15.0. The number of nitrogens with zero attached hydrogens (tertiary/aromatic N) is 4. The number of hydrogen-bond donors (Lipinski definition) is 2. The van der Waals surface area contributed by atoms with E-state index in [9.17, 15) is 23.1 Å². The first-order chi connectivity index (χ1) is 18.5. The highest BCUT2D eigenvalue weighted by Gasteiger charge is 2.40. The summed E-state index contributed by atoms with van der Waals surface area (Å²) in [4.78, 5) is 24.9. The van der Waals surface area contributed by atoms with Crippen molar-refractivity contribution in [1.29, 1.82) is 0 Å². The number of likely N-dealkylation sites (N-methyl/N-ethyl adjacent to an activating group) is 1. The second-order valence-corrected chi connectivity index (χ2v) is 10.3. The van der Waals surface area contributed by atoms with Crippen LogP contribution >= 0.6 is 0 Å². The normalized spacial score (nSPS) is 17.7. The summed E-state index contributed by atoms with van der Waals surface area (Å²) in [6.07, 6.45) is -2.27. The van der Waals surface area contributed by atoms with Gasteiger partial charge in [-0.25, -0.2) is 23.1 Å². The van der Waals surface area contributed by atoms with Crippen molar-refractivity contribution in [3.8, 4) is 5.75 Å². The van der Waals surface area contributed by atoms with Crippen LogP contribution in [0.4, 0.5) is 24.7 Å². The molecule has 2 aliphatic rings. The topological polar surface area (TPSA) is 90.8 Å². The Labute approximate surface area is 224 Å². The summed E-state index contributed by atoms with van der Waals surface area (Å²) in [6, 6.07) is 5.06. The zero-order chi connectivity index (χ0) is 28.1. The fourth-order valence-electron chi connectivity index (χ4n) is 5.51. The molecule has 0 spiro atoms. The molecule has 3 aromatic rings. The number of rotatable bonds is 5. The number of aliphatic hydroxyl groups is 1. The molecule has 0 bridgehead atoms. The Morgan fingerprint density at radius 2 is 1.87 bits per heavy atom. The predicted molar refractivity (Wildman–Crippen MR) is 142 cm³/mol. The molecule has 8 nitrogen and oxygen atoms in total. The summed E-state index contributed by atoms with van der Waals surface area (Å²) in [7, 11) is 1.92. The summed E-state index contributed by atoms with van der Waals surface area (Å²) in [5, 5.41) is 15.6. The van der Waals surface area contributed by atoms with E-state index in [-0.39, 0.29) is 11.5 Å². The molecule has 0 aliphatic carbocycles. The number of benzene rings is 2. The van der Waals surface area contributed by atoms with E-state index in [1.165, 1.54) is 19.1 Å². The lowest BCUT2D eigenvalue weighted by atomic mass is 9.82. The summed E-state index contributed by atoms with van der Waals surface area (Å²) in [5.74, 6) is 0.394. The van der Waals surface area contributed by atoms with Crippen molar-refractivity contribution >= 4 is 28.3 Å². The van der Waals surface area contributed by atoms with Gasteiger partial charge in [-0.05, 0) is 32.8 Å². The average Bonchev–Trinajstić information content (AvgIpc) is 2.88. The van der Waals surface area contributed by atoms with E-state index in [4.69, 9.17) is 9.72 Å². The number of alkyl halides is 2. The van der Waals surface area contributed by atoms with Crippen molar-refractivity contribution in [3.63, 3.8) is 0 Å². The van der Waals surface area contributed by atoms with Crippen LogP contribution in [0.15, 0.2) is 24.3 Å². The van der Waals surface area contributed by atoms with Crippen molar-refractivity contribution < 1.29 is 27.8 Å². The number of likely N-dealkylation sites (tertiary alicyclic amines) is 1. The highest BCUT2D eigenvalue weighted by atomic mass is 19.3. The Morgan fingerprint density at radius 1 is 1.18 bits per heavy atom. The third-order valence-electron chi connectivity index (χ3n) is 7.74. The molecule has 39 heavy (non-hydrogen) atoms. The van der Waals surface area contributed by atoms with Crippen LogP contribution in [0.5, 0.6) is 5.75 Å². The van der Waals surface area contributed by atoms with Crippen LogP contribution in [0.2, 0.25) is 0 Å². The van der Waals surface area contributed by atoms with Gasteiger partial charge in [0.2, 0.25) is 5.91 Å².